The van der Waals surface area contributed by atoms with Crippen LogP contribution in [0.3, 0.4) is 0 Å². The third-order valence-electron chi connectivity index (χ3n) is 5.37. The van der Waals surface area contributed by atoms with Gasteiger partial charge in [-0.3, -0.25) is 9.69 Å². The predicted molar refractivity (Wildman–Crippen MR) is 119 cm³/mol. The Hall–Kier alpha value is -2.44. The van der Waals surface area contributed by atoms with Crippen LogP contribution >= 0.6 is 15.9 Å². The standard InChI is InChI=1S/C23H24BrN3O2/c1-16-14-26(2)23(28)15-27(16)11-12-29-20-7-3-17(4-8-20)21-9-5-18-13-19(24)6-10-22(18)25-21/h3-10,13,16H,11-12,14-15H2,1-2H3/t16-/m0/s1. The maximum absolute atomic E-state index is 11.9. The van der Waals surface area contributed by atoms with Crippen molar-refractivity contribution < 1.29 is 9.53 Å². The Labute approximate surface area is 179 Å². The van der Waals surface area contributed by atoms with E-state index in [4.69, 9.17) is 9.72 Å². The van der Waals surface area contributed by atoms with Crippen molar-refractivity contribution >= 4 is 32.7 Å². The summed E-state index contributed by atoms with van der Waals surface area (Å²) in [5, 5.41) is 1.11. The highest BCUT2D eigenvalue weighted by molar-refractivity contribution is 9.10. The van der Waals surface area contributed by atoms with Crippen LogP contribution in [0.15, 0.2) is 59.1 Å². The summed E-state index contributed by atoms with van der Waals surface area (Å²) in [6.45, 7) is 4.68. The summed E-state index contributed by atoms with van der Waals surface area (Å²) in [5.74, 6) is 0.995. The van der Waals surface area contributed by atoms with Crippen molar-refractivity contribution in [1.29, 1.82) is 0 Å². The molecule has 0 aliphatic carbocycles. The fourth-order valence-corrected chi connectivity index (χ4v) is 4.00. The van der Waals surface area contributed by atoms with Crippen LogP contribution in [0.4, 0.5) is 0 Å². The van der Waals surface area contributed by atoms with Crippen LogP contribution in [0.2, 0.25) is 0 Å². The van der Waals surface area contributed by atoms with Crippen molar-refractivity contribution in [2.45, 2.75) is 13.0 Å². The number of aromatic nitrogens is 1. The molecule has 1 fully saturated rings. The Morgan fingerprint density at radius 1 is 1.14 bits per heavy atom. The minimum atomic E-state index is 0.169. The zero-order valence-corrected chi connectivity index (χ0v) is 18.2. The first-order valence-electron chi connectivity index (χ1n) is 9.77. The molecule has 3 aromatic rings. The molecule has 0 spiro atoms. The predicted octanol–water partition coefficient (Wildman–Crippen LogP) is 4.21. The first-order valence-corrected chi connectivity index (χ1v) is 10.6. The molecular weight excluding hydrogens is 430 g/mol. The third-order valence-corrected chi connectivity index (χ3v) is 5.87. The molecule has 0 saturated carbocycles. The van der Waals surface area contributed by atoms with Crippen molar-refractivity contribution in [3.63, 3.8) is 0 Å². The summed E-state index contributed by atoms with van der Waals surface area (Å²) in [6, 6.07) is 18.6. The normalized spacial score (nSPS) is 17.7. The number of ether oxygens (including phenoxy) is 1. The van der Waals surface area contributed by atoms with E-state index in [9.17, 15) is 4.79 Å². The van der Waals surface area contributed by atoms with Gasteiger partial charge in [0.2, 0.25) is 5.91 Å². The SMILES string of the molecule is C[C@H]1CN(C)C(=O)CN1CCOc1ccc(-c2ccc3cc(Br)ccc3n2)cc1. The highest BCUT2D eigenvalue weighted by atomic mass is 79.9. The van der Waals surface area contributed by atoms with Crippen LogP contribution < -0.4 is 4.74 Å². The minimum Gasteiger partial charge on any atom is -0.492 e. The summed E-state index contributed by atoms with van der Waals surface area (Å²) in [4.78, 5) is 20.6. The van der Waals surface area contributed by atoms with Gasteiger partial charge in [0, 0.05) is 41.6 Å². The van der Waals surface area contributed by atoms with E-state index in [0.717, 1.165) is 45.5 Å². The van der Waals surface area contributed by atoms with Gasteiger partial charge in [-0.15, -0.1) is 0 Å². The fraction of sp³-hybridized carbons (Fsp3) is 0.304. The molecule has 0 unspecified atom stereocenters. The smallest absolute Gasteiger partial charge is 0.236 e. The summed E-state index contributed by atoms with van der Waals surface area (Å²) in [6.07, 6.45) is 0. The number of piperazine rings is 1. The average Bonchev–Trinajstić information content (AvgIpc) is 2.72. The van der Waals surface area contributed by atoms with Crippen LogP contribution in [-0.2, 0) is 4.79 Å². The van der Waals surface area contributed by atoms with E-state index < -0.39 is 0 Å². The molecule has 5 nitrogen and oxygen atoms in total. The van der Waals surface area contributed by atoms with E-state index in [1.165, 1.54) is 0 Å². The third kappa shape index (κ3) is 4.60. The maximum Gasteiger partial charge on any atom is 0.236 e. The topological polar surface area (TPSA) is 45.7 Å². The van der Waals surface area contributed by atoms with Crippen molar-refractivity contribution in [1.82, 2.24) is 14.8 Å². The molecule has 1 aliphatic heterocycles. The molecule has 1 amide bonds. The fourth-order valence-electron chi connectivity index (χ4n) is 3.62. The van der Waals surface area contributed by atoms with Gasteiger partial charge in [-0.25, -0.2) is 4.98 Å². The van der Waals surface area contributed by atoms with Crippen LogP contribution in [0.1, 0.15) is 6.92 Å². The number of pyridine rings is 1. The number of hydrogen-bond acceptors (Lipinski definition) is 4. The summed E-state index contributed by atoms with van der Waals surface area (Å²) in [7, 11) is 1.86. The van der Waals surface area contributed by atoms with Gasteiger partial charge in [-0.05, 0) is 55.5 Å². The molecular formula is C23H24BrN3O2. The summed E-state index contributed by atoms with van der Waals surface area (Å²) < 4.78 is 6.95. The number of fused-ring (bicyclic) bond motifs is 1. The highest BCUT2D eigenvalue weighted by Crippen LogP contribution is 2.25. The van der Waals surface area contributed by atoms with Gasteiger partial charge >= 0.3 is 0 Å². The largest absolute Gasteiger partial charge is 0.492 e. The lowest BCUT2D eigenvalue weighted by Gasteiger charge is -2.37. The van der Waals surface area contributed by atoms with Crippen molar-refractivity contribution in [3.8, 4) is 17.0 Å². The second kappa shape index (κ2) is 8.51. The van der Waals surface area contributed by atoms with E-state index in [0.29, 0.717) is 19.2 Å². The van der Waals surface area contributed by atoms with Gasteiger partial charge in [0.1, 0.15) is 12.4 Å². The Morgan fingerprint density at radius 2 is 1.93 bits per heavy atom. The summed E-state index contributed by atoms with van der Waals surface area (Å²) >= 11 is 3.50. The first kappa shape index (κ1) is 19.9. The van der Waals surface area contributed by atoms with E-state index >= 15 is 0 Å². The molecule has 150 valence electrons. The number of rotatable bonds is 5. The monoisotopic (exact) mass is 453 g/mol. The minimum absolute atomic E-state index is 0.169. The number of amides is 1. The van der Waals surface area contributed by atoms with Crippen LogP contribution in [0.5, 0.6) is 5.75 Å². The van der Waals surface area contributed by atoms with Crippen molar-refractivity contribution in [3.05, 3.63) is 59.1 Å². The number of nitrogens with zero attached hydrogens (tertiary/aromatic N) is 3. The quantitative estimate of drug-likeness (QED) is 0.580. The lowest BCUT2D eigenvalue weighted by Crippen LogP contribution is -2.54. The number of carbonyl (C=O) groups is 1. The molecule has 0 N–H and O–H groups in total. The Kier molecular flexibility index (Phi) is 5.83. The number of benzene rings is 2. The van der Waals surface area contributed by atoms with Gasteiger partial charge in [0.05, 0.1) is 17.8 Å². The van der Waals surface area contributed by atoms with E-state index in [2.05, 4.69) is 39.9 Å². The Morgan fingerprint density at radius 3 is 2.72 bits per heavy atom. The molecule has 1 aromatic heterocycles. The molecule has 6 heteroatoms. The molecule has 2 heterocycles. The van der Waals surface area contributed by atoms with Crippen LogP contribution in [0, 0.1) is 0 Å². The van der Waals surface area contributed by atoms with E-state index in [-0.39, 0.29) is 5.91 Å². The molecule has 1 saturated heterocycles. The van der Waals surface area contributed by atoms with E-state index in [1.54, 1.807) is 4.90 Å². The lowest BCUT2D eigenvalue weighted by molar-refractivity contribution is -0.136. The molecule has 4 rings (SSSR count). The van der Waals surface area contributed by atoms with Crippen LogP contribution in [0.25, 0.3) is 22.2 Å². The van der Waals surface area contributed by atoms with Crippen molar-refractivity contribution in [2.24, 2.45) is 0 Å². The van der Waals surface area contributed by atoms with E-state index in [1.807, 2.05) is 49.5 Å². The van der Waals surface area contributed by atoms with Gasteiger partial charge in [-0.2, -0.15) is 0 Å². The van der Waals surface area contributed by atoms with Crippen LogP contribution in [-0.4, -0.2) is 60.0 Å². The molecule has 29 heavy (non-hydrogen) atoms. The van der Waals surface area contributed by atoms with Gasteiger partial charge in [0.25, 0.3) is 0 Å². The molecule has 0 bridgehead atoms. The van der Waals surface area contributed by atoms with Crippen molar-refractivity contribution in [2.75, 3.05) is 33.3 Å². The summed E-state index contributed by atoms with van der Waals surface area (Å²) in [5.41, 5.74) is 2.97. The molecule has 1 aliphatic rings. The number of carbonyl (C=O) groups excluding carboxylic acids is 1. The Balaban J connectivity index is 1.37. The first-order chi connectivity index (χ1) is 14.0. The number of hydrogen-bond donors (Lipinski definition) is 0. The zero-order chi connectivity index (χ0) is 20.4. The number of halogens is 1. The second-order valence-corrected chi connectivity index (χ2v) is 8.42. The Bertz CT molecular complexity index is 1020. The van der Waals surface area contributed by atoms with Gasteiger partial charge in [0.15, 0.2) is 0 Å². The molecule has 1 atom stereocenters. The van der Waals surface area contributed by atoms with Gasteiger partial charge < -0.3 is 9.64 Å². The average molecular weight is 454 g/mol. The zero-order valence-electron chi connectivity index (χ0n) is 16.6. The number of likely N-dealkylation sites (N-methyl/N-ethyl adjacent to an activating group) is 1. The molecule has 2 aromatic carbocycles. The second-order valence-electron chi connectivity index (χ2n) is 7.50. The van der Waals surface area contributed by atoms with Gasteiger partial charge in [-0.1, -0.05) is 22.0 Å². The lowest BCUT2D eigenvalue weighted by atomic mass is 10.1. The molecule has 0 radical (unpaired) electrons. The highest BCUT2D eigenvalue weighted by Gasteiger charge is 2.26. The maximum atomic E-state index is 11.9.